The molecule has 7 heteroatoms. The molecule has 20 heavy (non-hydrogen) atoms. The van der Waals surface area contributed by atoms with Crippen LogP contribution in [0.5, 0.6) is 0 Å². The number of piperidine rings is 1. The first-order chi connectivity index (χ1) is 9.32. The van der Waals surface area contributed by atoms with E-state index in [1.165, 1.54) is 23.1 Å². The molecule has 1 heterocycles. The third-order valence-corrected chi connectivity index (χ3v) is 3.76. The average Bonchev–Trinajstić information content (AvgIpc) is 2.36. The molecule has 1 amide bonds. The Balaban J connectivity index is 2.30. The van der Waals surface area contributed by atoms with Crippen molar-refractivity contribution in [2.45, 2.75) is 25.4 Å². The van der Waals surface area contributed by atoms with Gasteiger partial charge in [0.15, 0.2) is 0 Å². The van der Waals surface area contributed by atoms with Gasteiger partial charge in [-0.2, -0.15) is 0 Å². The number of nitro groups is 1. The van der Waals surface area contributed by atoms with E-state index in [0.717, 1.165) is 0 Å². The zero-order chi connectivity index (χ0) is 14.9. The lowest BCUT2D eigenvalue weighted by molar-refractivity contribution is -0.384. The van der Waals surface area contributed by atoms with Crippen LogP contribution in [0.25, 0.3) is 0 Å². The third kappa shape index (κ3) is 2.91. The van der Waals surface area contributed by atoms with Crippen molar-refractivity contribution in [3.63, 3.8) is 0 Å². The summed E-state index contributed by atoms with van der Waals surface area (Å²) in [7, 11) is 0. The van der Waals surface area contributed by atoms with Crippen LogP contribution in [-0.2, 0) is 0 Å². The summed E-state index contributed by atoms with van der Waals surface area (Å²) in [6.07, 6.45) is 1.31. The van der Waals surface area contributed by atoms with Crippen LogP contribution in [0, 0.1) is 10.1 Å². The summed E-state index contributed by atoms with van der Waals surface area (Å²) < 4.78 is 0. The van der Waals surface area contributed by atoms with Gasteiger partial charge in [-0.05, 0) is 25.8 Å². The number of hydrogen-bond acceptors (Lipinski definition) is 4. The van der Waals surface area contributed by atoms with Gasteiger partial charge in [0.05, 0.1) is 16.1 Å². The molecule has 2 rings (SSSR count). The fourth-order valence-electron chi connectivity index (χ4n) is 2.39. The number of halogens is 1. The van der Waals surface area contributed by atoms with E-state index in [-0.39, 0.29) is 22.8 Å². The van der Waals surface area contributed by atoms with Gasteiger partial charge in [-0.15, -0.1) is 0 Å². The topological polar surface area (TPSA) is 83.7 Å². The number of carbonyl (C=O) groups is 1. The molecule has 0 aliphatic carbocycles. The Hall–Kier alpha value is -1.66. The Labute approximate surface area is 121 Å². The largest absolute Gasteiger partial charge is 0.388 e. The first-order valence-electron chi connectivity index (χ1n) is 6.26. The van der Waals surface area contributed by atoms with Gasteiger partial charge in [0.2, 0.25) is 0 Å². The molecule has 108 valence electrons. The summed E-state index contributed by atoms with van der Waals surface area (Å²) in [5.74, 6) is -0.390. The van der Waals surface area contributed by atoms with Crippen LogP contribution in [0.1, 0.15) is 30.1 Å². The first-order valence-corrected chi connectivity index (χ1v) is 6.64. The SMILES string of the molecule is CC1(O)CCCN(C(=O)c2cccc([N+](=O)[O-])c2Cl)C1. The molecule has 6 nitrogen and oxygen atoms in total. The van der Waals surface area contributed by atoms with Crippen molar-refractivity contribution in [1.29, 1.82) is 0 Å². The molecule has 1 fully saturated rings. The molecule has 1 aromatic rings. The molecule has 1 atom stereocenters. The number of rotatable bonds is 2. The monoisotopic (exact) mass is 298 g/mol. The minimum absolute atomic E-state index is 0.0959. The van der Waals surface area contributed by atoms with Crippen LogP contribution in [0.3, 0.4) is 0 Å². The molecule has 1 N–H and O–H groups in total. The molecule has 1 aromatic carbocycles. The maximum Gasteiger partial charge on any atom is 0.288 e. The van der Waals surface area contributed by atoms with Gasteiger partial charge < -0.3 is 10.0 Å². The second-order valence-electron chi connectivity index (χ2n) is 5.22. The summed E-state index contributed by atoms with van der Waals surface area (Å²) in [5, 5.41) is 20.7. The molecule has 1 saturated heterocycles. The van der Waals surface area contributed by atoms with Crippen LogP contribution in [0.15, 0.2) is 18.2 Å². The van der Waals surface area contributed by atoms with Gasteiger partial charge in [0, 0.05) is 19.2 Å². The zero-order valence-corrected chi connectivity index (χ0v) is 11.8. The average molecular weight is 299 g/mol. The maximum atomic E-state index is 12.4. The second kappa shape index (κ2) is 5.38. The van der Waals surface area contributed by atoms with Crippen molar-refractivity contribution in [3.8, 4) is 0 Å². The van der Waals surface area contributed by atoms with E-state index in [1.54, 1.807) is 6.92 Å². The van der Waals surface area contributed by atoms with E-state index in [1.807, 2.05) is 0 Å². The van der Waals surface area contributed by atoms with E-state index in [9.17, 15) is 20.0 Å². The predicted molar refractivity (Wildman–Crippen MR) is 73.9 cm³/mol. The Morgan fingerprint density at radius 2 is 2.25 bits per heavy atom. The Bertz CT molecular complexity index is 559. The zero-order valence-electron chi connectivity index (χ0n) is 11.0. The summed E-state index contributed by atoms with van der Waals surface area (Å²) >= 11 is 5.94. The van der Waals surface area contributed by atoms with Crippen LogP contribution in [0.4, 0.5) is 5.69 Å². The van der Waals surface area contributed by atoms with Crippen molar-refractivity contribution < 1.29 is 14.8 Å². The summed E-state index contributed by atoms with van der Waals surface area (Å²) in [5.41, 5.74) is -1.12. The molecule has 0 radical (unpaired) electrons. The van der Waals surface area contributed by atoms with E-state index < -0.39 is 16.4 Å². The molecule has 1 aliphatic heterocycles. The smallest absolute Gasteiger partial charge is 0.288 e. The number of hydrogen-bond donors (Lipinski definition) is 1. The van der Waals surface area contributed by atoms with Gasteiger partial charge in [-0.25, -0.2) is 0 Å². The molecule has 0 spiro atoms. The first kappa shape index (κ1) is 14.7. The summed E-state index contributed by atoms with van der Waals surface area (Å²) in [6, 6.07) is 4.14. The molecule has 1 aliphatic rings. The lowest BCUT2D eigenvalue weighted by Gasteiger charge is -2.36. The van der Waals surface area contributed by atoms with Crippen molar-refractivity contribution >= 4 is 23.2 Å². The second-order valence-corrected chi connectivity index (χ2v) is 5.60. The number of β-amino-alcohol motifs (C(OH)–C–C–N with tert-alkyl or cyclic N) is 1. The van der Waals surface area contributed by atoms with Crippen LogP contribution >= 0.6 is 11.6 Å². The quantitative estimate of drug-likeness (QED) is 0.670. The van der Waals surface area contributed by atoms with Crippen LogP contribution in [0.2, 0.25) is 5.02 Å². The number of nitro benzene ring substituents is 1. The van der Waals surface area contributed by atoms with Crippen LogP contribution < -0.4 is 0 Å². The van der Waals surface area contributed by atoms with Gasteiger partial charge in [-0.1, -0.05) is 17.7 Å². The highest BCUT2D eigenvalue weighted by atomic mass is 35.5. The Morgan fingerprint density at radius 1 is 1.55 bits per heavy atom. The fraction of sp³-hybridized carbons (Fsp3) is 0.462. The number of carbonyl (C=O) groups excluding carboxylic acids is 1. The molecular formula is C13H15ClN2O4. The number of likely N-dealkylation sites (tertiary alicyclic amines) is 1. The number of nitrogens with zero attached hydrogens (tertiary/aromatic N) is 2. The molecule has 0 aromatic heterocycles. The summed E-state index contributed by atoms with van der Waals surface area (Å²) in [4.78, 5) is 24.1. The van der Waals surface area contributed by atoms with Crippen molar-refractivity contribution in [3.05, 3.63) is 38.9 Å². The van der Waals surface area contributed by atoms with Crippen LogP contribution in [-0.4, -0.2) is 39.5 Å². The van der Waals surface area contributed by atoms with Crippen molar-refractivity contribution in [2.24, 2.45) is 0 Å². The molecular weight excluding hydrogens is 284 g/mol. The van der Waals surface area contributed by atoms with Crippen molar-refractivity contribution in [1.82, 2.24) is 4.90 Å². The van der Waals surface area contributed by atoms with Gasteiger partial charge in [-0.3, -0.25) is 14.9 Å². The number of benzene rings is 1. The maximum absolute atomic E-state index is 12.4. The standard InChI is InChI=1S/C13H15ClN2O4/c1-13(18)6-3-7-15(8-13)12(17)9-4-2-5-10(11(9)14)16(19)20/h2,4-5,18H,3,6-8H2,1H3. The lowest BCUT2D eigenvalue weighted by atomic mass is 9.94. The van der Waals surface area contributed by atoms with E-state index in [4.69, 9.17) is 11.6 Å². The number of amides is 1. The van der Waals surface area contributed by atoms with E-state index in [2.05, 4.69) is 0 Å². The Kier molecular flexibility index (Phi) is 3.96. The predicted octanol–water partition coefficient (Wildman–Crippen LogP) is 2.24. The van der Waals surface area contributed by atoms with Gasteiger partial charge >= 0.3 is 0 Å². The highest BCUT2D eigenvalue weighted by Crippen LogP contribution is 2.30. The molecule has 0 saturated carbocycles. The normalized spacial score (nSPS) is 22.6. The van der Waals surface area contributed by atoms with Gasteiger partial charge in [0.25, 0.3) is 11.6 Å². The van der Waals surface area contributed by atoms with Crippen molar-refractivity contribution in [2.75, 3.05) is 13.1 Å². The third-order valence-electron chi connectivity index (χ3n) is 3.37. The molecule has 1 unspecified atom stereocenters. The highest BCUT2D eigenvalue weighted by molar-refractivity contribution is 6.35. The summed E-state index contributed by atoms with van der Waals surface area (Å²) in [6.45, 7) is 2.38. The van der Waals surface area contributed by atoms with E-state index >= 15 is 0 Å². The Morgan fingerprint density at radius 3 is 2.85 bits per heavy atom. The lowest BCUT2D eigenvalue weighted by Crippen LogP contribution is -2.48. The molecule has 0 bridgehead atoms. The van der Waals surface area contributed by atoms with E-state index in [0.29, 0.717) is 19.4 Å². The number of aliphatic hydroxyl groups is 1. The van der Waals surface area contributed by atoms with Gasteiger partial charge in [0.1, 0.15) is 5.02 Å². The highest BCUT2D eigenvalue weighted by Gasteiger charge is 2.32. The minimum Gasteiger partial charge on any atom is -0.388 e. The fourth-order valence-corrected chi connectivity index (χ4v) is 2.67. The minimum atomic E-state index is -0.929.